The van der Waals surface area contributed by atoms with Crippen molar-refractivity contribution in [3.05, 3.63) is 34.3 Å². The minimum atomic E-state index is -0.307. The van der Waals surface area contributed by atoms with Crippen LogP contribution in [0.25, 0.3) is 0 Å². The molecule has 1 amide bonds. The third kappa shape index (κ3) is 2.74. The Morgan fingerprint density at radius 2 is 2.17 bits per heavy atom. The molecule has 2 atom stereocenters. The van der Waals surface area contributed by atoms with Crippen LogP contribution < -0.4 is 5.73 Å². The highest BCUT2D eigenvalue weighted by Gasteiger charge is 2.36. The van der Waals surface area contributed by atoms with Gasteiger partial charge in [0.15, 0.2) is 0 Å². The van der Waals surface area contributed by atoms with E-state index in [0.717, 1.165) is 22.9 Å². The van der Waals surface area contributed by atoms with Gasteiger partial charge in [-0.2, -0.15) is 0 Å². The number of aliphatic hydroxyl groups excluding tert-OH is 1. The SMILES string of the molecule is NC(=O)[C@@H]1CC[C@H](CO)N1Cc1ccccc1Br. The lowest BCUT2D eigenvalue weighted by Crippen LogP contribution is -2.44. The Morgan fingerprint density at radius 3 is 2.78 bits per heavy atom. The summed E-state index contributed by atoms with van der Waals surface area (Å²) in [5.74, 6) is -0.307. The zero-order valence-corrected chi connectivity index (χ0v) is 11.6. The van der Waals surface area contributed by atoms with Gasteiger partial charge in [-0.25, -0.2) is 0 Å². The quantitative estimate of drug-likeness (QED) is 0.879. The molecule has 3 N–H and O–H groups in total. The second-order valence-corrected chi connectivity index (χ2v) is 5.45. The van der Waals surface area contributed by atoms with Gasteiger partial charge in [-0.3, -0.25) is 9.69 Å². The van der Waals surface area contributed by atoms with E-state index in [2.05, 4.69) is 15.9 Å². The lowest BCUT2D eigenvalue weighted by Gasteiger charge is -2.27. The molecule has 1 heterocycles. The standard InChI is InChI=1S/C13H17BrN2O2/c14-11-4-2-1-3-9(11)7-16-10(8-17)5-6-12(16)13(15)18/h1-4,10,12,17H,5-8H2,(H2,15,18)/t10-,12+/m1/s1. The molecule has 1 aliphatic heterocycles. The number of hydrogen-bond acceptors (Lipinski definition) is 3. The summed E-state index contributed by atoms with van der Waals surface area (Å²) in [6.45, 7) is 0.689. The molecule has 98 valence electrons. The Hall–Kier alpha value is -0.910. The van der Waals surface area contributed by atoms with Crippen LogP contribution in [-0.2, 0) is 11.3 Å². The van der Waals surface area contributed by atoms with Crippen LogP contribution >= 0.6 is 15.9 Å². The van der Waals surface area contributed by atoms with E-state index in [4.69, 9.17) is 5.73 Å². The van der Waals surface area contributed by atoms with Crippen molar-refractivity contribution in [2.75, 3.05) is 6.61 Å². The summed E-state index contributed by atoms with van der Waals surface area (Å²) in [4.78, 5) is 13.4. The second kappa shape index (κ2) is 5.82. The number of benzene rings is 1. The summed E-state index contributed by atoms with van der Waals surface area (Å²) >= 11 is 3.50. The predicted molar refractivity (Wildman–Crippen MR) is 72.8 cm³/mol. The number of primary amides is 1. The highest BCUT2D eigenvalue weighted by atomic mass is 79.9. The average molecular weight is 313 g/mol. The third-order valence-electron chi connectivity index (χ3n) is 3.49. The van der Waals surface area contributed by atoms with E-state index < -0.39 is 0 Å². The van der Waals surface area contributed by atoms with E-state index in [1.165, 1.54) is 0 Å². The Kier molecular flexibility index (Phi) is 4.37. The van der Waals surface area contributed by atoms with Crippen LogP contribution in [0.1, 0.15) is 18.4 Å². The van der Waals surface area contributed by atoms with Gasteiger partial charge in [0, 0.05) is 17.1 Å². The van der Waals surface area contributed by atoms with Gasteiger partial charge in [0.05, 0.1) is 12.6 Å². The summed E-state index contributed by atoms with van der Waals surface area (Å²) in [6, 6.07) is 7.65. The fraction of sp³-hybridized carbons (Fsp3) is 0.462. The van der Waals surface area contributed by atoms with Crippen LogP contribution in [0.2, 0.25) is 0 Å². The molecule has 1 aromatic carbocycles. The van der Waals surface area contributed by atoms with Crippen LogP contribution in [-0.4, -0.2) is 34.6 Å². The molecule has 4 nitrogen and oxygen atoms in total. The smallest absolute Gasteiger partial charge is 0.234 e. The molecule has 2 rings (SSSR count). The molecule has 18 heavy (non-hydrogen) atoms. The molecule has 0 aromatic heterocycles. The lowest BCUT2D eigenvalue weighted by atomic mass is 10.1. The minimum Gasteiger partial charge on any atom is -0.395 e. The monoisotopic (exact) mass is 312 g/mol. The Balaban J connectivity index is 2.18. The van der Waals surface area contributed by atoms with Crippen LogP contribution in [0, 0.1) is 0 Å². The summed E-state index contributed by atoms with van der Waals surface area (Å²) in [5.41, 5.74) is 6.52. The zero-order valence-electron chi connectivity index (χ0n) is 10.1. The van der Waals surface area contributed by atoms with Gasteiger partial charge in [0.1, 0.15) is 0 Å². The number of hydrogen-bond donors (Lipinski definition) is 2. The first-order chi connectivity index (χ1) is 8.63. The number of carbonyl (C=O) groups excluding carboxylic acids is 1. The van der Waals surface area contributed by atoms with Gasteiger partial charge in [-0.1, -0.05) is 34.1 Å². The van der Waals surface area contributed by atoms with Crippen molar-refractivity contribution in [1.82, 2.24) is 4.90 Å². The molecule has 1 aliphatic rings. The van der Waals surface area contributed by atoms with Crippen molar-refractivity contribution >= 4 is 21.8 Å². The Bertz CT molecular complexity index is 439. The number of rotatable bonds is 4. The first kappa shape index (κ1) is 13.5. The molecule has 5 heteroatoms. The van der Waals surface area contributed by atoms with Crippen LogP contribution in [0.4, 0.5) is 0 Å². The van der Waals surface area contributed by atoms with Crippen LogP contribution in [0.3, 0.4) is 0 Å². The molecule has 0 spiro atoms. The number of aliphatic hydroxyl groups is 1. The molecule has 0 saturated carbocycles. The molecule has 0 aliphatic carbocycles. The number of halogens is 1. The first-order valence-electron chi connectivity index (χ1n) is 6.02. The summed E-state index contributed by atoms with van der Waals surface area (Å²) in [7, 11) is 0. The summed E-state index contributed by atoms with van der Waals surface area (Å²) in [6.07, 6.45) is 1.54. The fourth-order valence-corrected chi connectivity index (χ4v) is 2.91. The van der Waals surface area contributed by atoms with E-state index in [9.17, 15) is 9.90 Å². The first-order valence-corrected chi connectivity index (χ1v) is 6.82. The Labute approximate surface area is 115 Å². The van der Waals surface area contributed by atoms with Crippen molar-refractivity contribution in [3.63, 3.8) is 0 Å². The fourth-order valence-electron chi connectivity index (χ4n) is 2.50. The van der Waals surface area contributed by atoms with E-state index >= 15 is 0 Å². The number of nitrogens with zero attached hydrogens (tertiary/aromatic N) is 1. The number of likely N-dealkylation sites (tertiary alicyclic amines) is 1. The van der Waals surface area contributed by atoms with Gasteiger partial charge in [-0.05, 0) is 24.5 Å². The van der Waals surface area contributed by atoms with E-state index in [1.54, 1.807) is 0 Å². The van der Waals surface area contributed by atoms with E-state index in [1.807, 2.05) is 29.2 Å². The van der Waals surface area contributed by atoms with Crippen molar-refractivity contribution in [3.8, 4) is 0 Å². The largest absolute Gasteiger partial charge is 0.395 e. The molecule has 1 fully saturated rings. The van der Waals surface area contributed by atoms with Crippen molar-refractivity contribution in [2.24, 2.45) is 5.73 Å². The molecule has 0 unspecified atom stereocenters. The van der Waals surface area contributed by atoms with Gasteiger partial charge in [-0.15, -0.1) is 0 Å². The Morgan fingerprint density at radius 1 is 1.44 bits per heavy atom. The highest BCUT2D eigenvalue weighted by molar-refractivity contribution is 9.10. The molecule has 1 aromatic rings. The molecule has 0 bridgehead atoms. The van der Waals surface area contributed by atoms with E-state index in [0.29, 0.717) is 6.54 Å². The van der Waals surface area contributed by atoms with E-state index in [-0.39, 0.29) is 24.6 Å². The molecular formula is C13H17BrN2O2. The van der Waals surface area contributed by atoms with Crippen molar-refractivity contribution < 1.29 is 9.90 Å². The lowest BCUT2D eigenvalue weighted by molar-refractivity contribution is -0.123. The van der Waals surface area contributed by atoms with Crippen molar-refractivity contribution in [2.45, 2.75) is 31.5 Å². The molecule has 0 radical (unpaired) electrons. The van der Waals surface area contributed by atoms with Gasteiger partial charge in [0.2, 0.25) is 5.91 Å². The summed E-state index contributed by atoms with van der Waals surface area (Å²) in [5, 5.41) is 9.38. The summed E-state index contributed by atoms with van der Waals surface area (Å²) < 4.78 is 1.01. The van der Waals surface area contributed by atoms with Gasteiger partial charge in [0.25, 0.3) is 0 Å². The maximum Gasteiger partial charge on any atom is 0.234 e. The van der Waals surface area contributed by atoms with Crippen molar-refractivity contribution in [1.29, 1.82) is 0 Å². The third-order valence-corrected chi connectivity index (χ3v) is 4.27. The average Bonchev–Trinajstić information content (AvgIpc) is 2.75. The van der Waals surface area contributed by atoms with Gasteiger partial charge < -0.3 is 10.8 Å². The number of nitrogens with two attached hydrogens (primary N) is 1. The highest BCUT2D eigenvalue weighted by Crippen LogP contribution is 2.28. The molecule has 1 saturated heterocycles. The number of amides is 1. The van der Waals surface area contributed by atoms with Crippen LogP contribution in [0.5, 0.6) is 0 Å². The van der Waals surface area contributed by atoms with Crippen LogP contribution in [0.15, 0.2) is 28.7 Å². The topological polar surface area (TPSA) is 66.6 Å². The maximum absolute atomic E-state index is 11.4. The second-order valence-electron chi connectivity index (χ2n) is 4.60. The normalized spacial score (nSPS) is 24.3. The maximum atomic E-state index is 11.4. The predicted octanol–water partition coefficient (Wildman–Crippen LogP) is 1.26. The minimum absolute atomic E-state index is 0.0228. The van der Waals surface area contributed by atoms with Gasteiger partial charge >= 0.3 is 0 Å². The molecular weight excluding hydrogens is 296 g/mol. The zero-order chi connectivity index (χ0) is 13.1. The number of carbonyl (C=O) groups is 1.